The second kappa shape index (κ2) is 3.59. The minimum atomic E-state index is -0.189. The van der Waals surface area contributed by atoms with Crippen LogP contribution in [-0.2, 0) is 6.42 Å². The van der Waals surface area contributed by atoms with Crippen molar-refractivity contribution in [2.24, 2.45) is 5.73 Å². The zero-order chi connectivity index (χ0) is 10.1. The highest BCUT2D eigenvalue weighted by Gasteiger charge is 2.04. The Morgan fingerprint density at radius 2 is 2.14 bits per heavy atom. The molecule has 4 nitrogen and oxygen atoms in total. The van der Waals surface area contributed by atoms with E-state index in [1.807, 2.05) is 12.1 Å². The Morgan fingerprint density at radius 3 is 2.86 bits per heavy atom. The van der Waals surface area contributed by atoms with E-state index in [2.05, 4.69) is 25.9 Å². The third kappa shape index (κ3) is 1.60. The van der Waals surface area contributed by atoms with Gasteiger partial charge in [-0.15, -0.1) is 0 Å². The average molecular weight is 256 g/mol. The Hall–Kier alpha value is -1.07. The highest BCUT2D eigenvalue weighted by molar-refractivity contribution is 9.10. The number of nitrogens with two attached hydrogens (primary N) is 1. The molecule has 0 saturated carbocycles. The van der Waals surface area contributed by atoms with Gasteiger partial charge in [0.05, 0.1) is 11.0 Å². The first-order valence-corrected chi connectivity index (χ1v) is 5.10. The van der Waals surface area contributed by atoms with Crippen LogP contribution >= 0.6 is 15.9 Å². The minimum absolute atomic E-state index is 0.189. The van der Waals surface area contributed by atoms with Gasteiger partial charge in [-0.05, 0) is 46.6 Å². The summed E-state index contributed by atoms with van der Waals surface area (Å²) in [5, 5.41) is 0. The molecule has 0 saturated heterocycles. The smallest absolute Gasteiger partial charge is 0.323 e. The molecule has 4 N–H and O–H groups in total. The molecule has 1 aromatic heterocycles. The van der Waals surface area contributed by atoms with E-state index in [1.54, 1.807) is 0 Å². The molecule has 0 spiro atoms. The van der Waals surface area contributed by atoms with Gasteiger partial charge in [-0.1, -0.05) is 0 Å². The van der Waals surface area contributed by atoms with Gasteiger partial charge in [0.25, 0.3) is 0 Å². The lowest BCUT2D eigenvalue weighted by atomic mass is 10.1. The normalized spacial score (nSPS) is 11.0. The van der Waals surface area contributed by atoms with Gasteiger partial charge in [-0.2, -0.15) is 0 Å². The SMILES string of the molecule is NCCc1cc(Br)c2[nH]c(=O)[nH]c2c1. The van der Waals surface area contributed by atoms with Gasteiger partial charge in [0.1, 0.15) is 0 Å². The molecular weight excluding hydrogens is 246 g/mol. The highest BCUT2D eigenvalue weighted by Crippen LogP contribution is 2.22. The van der Waals surface area contributed by atoms with Crippen LogP contribution in [0.1, 0.15) is 5.56 Å². The number of benzene rings is 1. The second-order valence-corrected chi connectivity index (χ2v) is 3.97. The Morgan fingerprint density at radius 1 is 1.36 bits per heavy atom. The van der Waals surface area contributed by atoms with Crippen molar-refractivity contribution in [2.75, 3.05) is 6.54 Å². The third-order valence-corrected chi connectivity index (χ3v) is 2.70. The predicted octanol–water partition coefficient (Wildman–Crippen LogP) is 1.12. The first-order chi connectivity index (χ1) is 6.70. The fourth-order valence-electron chi connectivity index (χ4n) is 1.47. The van der Waals surface area contributed by atoms with Crippen molar-refractivity contribution in [1.82, 2.24) is 9.97 Å². The molecule has 2 aromatic rings. The number of rotatable bonds is 2. The van der Waals surface area contributed by atoms with Crippen molar-refractivity contribution in [3.05, 3.63) is 32.7 Å². The molecule has 0 aliphatic heterocycles. The van der Waals surface area contributed by atoms with Gasteiger partial charge < -0.3 is 15.7 Å². The molecule has 1 heterocycles. The lowest BCUT2D eigenvalue weighted by molar-refractivity contribution is 0.969. The van der Waals surface area contributed by atoms with Crippen molar-refractivity contribution in [3.8, 4) is 0 Å². The van der Waals surface area contributed by atoms with Crippen LogP contribution in [0.25, 0.3) is 11.0 Å². The first-order valence-electron chi connectivity index (χ1n) is 4.31. The second-order valence-electron chi connectivity index (χ2n) is 3.12. The van der Waals surface area contributed by atoms with Crippen molar-refractivity contribution in [1.29, 1.82) is 0 Å². The number of imidazole rings is 1. The van der Waals surface area contributed by atoms with Crippen LogP contribution < -0.4 is 11.4 Å². The summed E-state index contributed by atoms with van der Waals surface area (Å²) in [7, 11) is 0. The number of hydrogen-bond acceptors (Lipinski definition) is 2. The number of nitrogens with one attached hydrogen (secondary N) is 2. The summed E-state index contributed by atoms with van der Waals surface area (Å²) in [4.78, 5) is 16.5. The number of aromatic amines is 2. The molecule has 0 unspecified atom stereocenters. The van der Waals surface area contributed by atoms with Crippen LogP contribution in [0.4, 0.5) is 0 Å². The molecule has 0 fully saturated rings. The van der Waals surface area contributed by atoms with Gasteiger partial charge in [-0.25, -0.2) is 4.79 Å². The van der Waals surface area contributed by atoms with E-state index in [1.165, 1.54) is 0 Å². The number of aromatic nitrogens is 2. The largest absolute Gasteiger partial charge is 0.330 e. The monoisotopic (exact) mass is 255 g/mol. The maximum atomic E-state index is 11.1. The van der Waals surface area contributed by atoms with E-state index in [0.29, 0.717) is 6.54 Å². The van der Waals surface area contributed by atoms with Gasteiger partial charge >= 0.3 is 5.69 Å². The standard InChI is InChI=1S/C9H10BrN3O/c10-6-3-5(1-2-11)4-7-8(6)13-9(14)12-7/h3-4H,1-2,11H2,(H2,12,13,14). The number of halogens is 1. The van der Waals surface area contributed by atoms with Gasteiger partial charge in [0, 0.05) is 4.47 Å². The van der Waals surface area contributed by atoms with Crippen LogP contribution in [0.2, 0.25) is 0 Å². The quantitative estimate of drug-likeness (QED) is 0.753. The molecular formula is C9H10BrN3O. The summed E-state index contributed by atoms with van der Waals surface area (Å²) in [5.74, 6) is 0. The Labute approximate surface area is 88.6 Å². The van der Waals surface area contributed by atoms with Gasteiger partial charge in [-0.3, -0.25) is 0 Å². The molecule has 0 aliphatic carbocycles. The summed E-state index contributed by atoms with van der Waals surface area (Å²) in [6.07, 6.45) is 0.807. The molecule has 0 bridgehead atoms. The first kappa shape index (κ1) is 9.48. The predicted molar refractivity (Wildman–Crippen MR) is 59.4 cm³/mol. The fourth-order valence-corrected chi connectivity index (χ4v) is 2.07. The Kier molecular flexibility index (Phi) is 2.43. The van der Waals surface area contributed by atoms with E-state index in [-0.39, 0.29) is 5.69 Å². The number of hydrogen-bond donors (Lipinski definition) is 3. The van der Waals surface area contributed by atoms with E-state index < -0.39 is 0 Å². The number of H-pyrrole nitrogens is 2. The molecule has 1 aromatic carbocycles. The highest BCUT2D eigenvalue weighted by atomic mass is 79.9. The summed E-state index contributed by atoms with van der Waals surface area (Å²) in [6.45, 7) is 0.604. The maximum absolute atomic E-state index is 11.1. The summed E-state index contributed by atoms with van der Waals surface area (Å²) >= 11 is 3.40. The molecule has 5 heteroatoms. The van der Waals surface area contributed by atoms with Crippen molar-refractivity contribution in [2.45, 2.75) is 6.42 Å². The molecule has 0 aliphatic rings. The van der Waals surface area contributed by atoms with Crippen LogP contribution in [0.3, 0.4) is 0 Å². The van der Waals surface area contributed by atoms with Gasteiger partial charge in [0.2, 0.25) is 0 Å². The van der Waals surface area contributed by atoms with E-state index >= 15 is 0 Å². The van der Waals surface area contributed by atoms with E-state index in [9.17, 15) is 4.79 Å². The molecule has 2 rings (SSSR count). The molecule has 14 heavy (non-hydrogen) atoms. The molecule has 0 radical (unpaired) electrons. The van der Waals surface area contributed by atoms with Crippen molar-refractivity contribution >= 4 is 27.0 Å². The summed E-state index contributed by atoms with van der Waals surface area (Å²) < 4.78 is 0.886. The zero-order valence-electron chi connectivity index (χ0n) is 7.43. The summed E-state index contributed by atoms with van der Waals surface area (Å²) in [6, 6.07) is 3.91. The molecule has 0 atom stereocenters. The average Bonchev–Trinajstić information content (AvgIpc) is 2.47. The molecule has 0 amide bonds. The van der Waals surface area contributed by atoms with Crippen LogP contribution in [0, 0.1) is 0 Å². The van der Waals surface area contributed by atoms with Crippen LogP contribution in [-0.4, -0.2) is 16.5 Å². The van der Waals surface area contributed by atoms with E-state index in [0.717, 1.165) is 27.5 Å². The number of fused-ring (bicyclic) bond motifs is 1. The lowest BCUT2D eigenvalue weighted by Crippen LogP contribution is -2.02. The van der Waals surface area contributed by atoms with Gasteiger partial charge in [0.15, 0.2) is 0 Å². The molecule has 74 valence electrons. The Bertz CT molecular complexity index is 514. The van der Waals surface area contributed by atoms with Crippen LogP contribution in [0.15, 0.2) is 21.4 Å². The Balaban J connectivity index is 2.65. The maximum Gasteiger partial charge on any atom is 0.323 e. The van der Waals surface area contributed by atoms with E-state index in [4.69, 9.17) is 5.73 Å². The topological polar surface area (TPSA) is 74.7 Å². The fraction of sp³-hybridized carbons (Fsp3) is 0.222. The van der Waals surface area contributed by atoms with Crippen LogP contribution in [0.5, 0.6) is 0 Å². The lowest BCUT2D eigenvalue weighted by Gasteiger charge is -2.00. The summed E-state index contributed by atoms with van der Waals surface area (Å²) in [5.41, 5.74) is 8.00. The van der Waals surface area contributed by atoms with Crippen molar-refractivity contribution < 1.29 is 0 Å². The minimum Gasteiger partial charge on any atom is -0.330 e. The third-order valence-electron chi connectivity index (χ3n) is 2.07. The van der Waals surface area contributed by atoms with Crippen molar-refractivity contribution in [3.63, 3.8) is 0 Å². The zero-order valence-corrected chi connectivity index (χ0v) is 9.02.